The van der Waals surface area contributed by atoms with Gasteiger partial charge in [-0.3, -0.25) is 4.99 Å². The molecule has 166 valence electrons. The molecule has 0 radical (unpaired) electrons. The Kier molecular flexibility index (Phi) is 13.3. The van der Waals surface area contributed by atoms with E-state index < -0.39 is 0 Å². The minimum absolute atomic E-state index is 0. The number of rotatable bonds is 11. The topological polar surface area (TPSA) is 64.1 Å². The first-order valence-corrected chi connectivity index (χ1v) is 10.5. The average Bonchev–Trinajstić information content (AvgIpc) is 3.19. The number of halogens is 1. The summed E-state index contributed by atoms with van der Waals surface area (Å²) < 4.78 is 17.0. The van der Waals surface area contributed by atoms with E-state index in [9.17, 15) is 0 Å². The van der Waals surface area contributed by atoms with E-state index in [2.05, 4.69) is 50.5 Å². The Balaban J connectivity index is 0.00000420. The van der Waals surface area contributed by atoms with Crippen molar-refractivity contribution in [1.29, 1.82) is 0 Å². The quantitative estimate of drug-likeness (QED) is 0.266. The minimum atomic E-state index is 0. The van der Waals surface area contributed by atoms with E-state index in [0.717, 1.165) is 50.9 Å². The Labute approximate surface area is 193 Å². The molecule has 2 N–H and O–H groups in total. The Morgan fingerprint density at radius 2 is 1.97 bits per heavy atom. The second-order valence-corrected chi connectivity index (χ2v) is 7.72. The van der Waals surface area contributed by atoms with Crippen LogP contribution in [0.1, 0.15) is 39.7 Å². The molecule has 1 aromatic rings. The molecule has 2 unspecified atom stereocenters. The van der Waals surface area contributed by atoms with Crippen molar-refractivity contribution in [1.82, 2.24) is 10.6 Å². The zero-order valence-corrected chi connectivity index (χ0v) is 20.6. The van der Waals surface area contributed by atoms with Crippen LogP contribution in [-0.2, 0) is 15.9 Å². The van der Waals surface area contributed by atoms with Crippen LogP contribution in [0.15, 0.2) is 29.3 Å². The lowest BCUT2D eigenvalue weighted by atomic mass is 10.1. The van der Waals surface area contributed by atoms with E-state index in [0.29, 0.717) is 19.1 Å². The van der Waals surface area contributed by atoms with Crippen LogP contribution >= 0.6 is 24.0 Å². The first-order valence-electron chi connectivity index (χ1n) is 10.5. The normalized spacial score (nSPS) is 17.7. The van der Waals surface area contributed by atoms with Gasteiger partial charge in [-0.05, 0) is 50.3 Å². The van der Waals surface area contributed by atoms with Crippen LogP contribution in [0.4, 0.5) is 0 Å². The standard InChI is InChI=1S/C22H37N3O3.HI/c1-5-23-22(25-18(4)15-28-21-11-13-26-16-21)24-12-10-19-6-8-20(9-7-19)27-14-17(2)3;/h6-9,17-18,21H,5,10-16H2,1-4H3,(H2,23,24,25);1H. The Morgan fingerprint density at radius 3 is 2.59 bits per heavy atom. The fraction of sp³-hybridized carbons (Fsp3) is 0.682. The van der Waals surface area contributed by atoms with Gasteiger partial charge in [0.2, 0.25) is 0 Å². The van der Waals surface area contributed by atoms with Crippen molar-refractivity contribution in [3.63, 3.8) is 0 Å². The molecule has 7 heteroatoms. The lowest BCUT2D eigenvalue weighted by molar-refractivity contribution is 0.0347. The maximum absolute atomic E-state index is 5.88. The lowest BCUT2D eigenvalue weighted by Crippen LogP contribution is -2.44. The molecule has 1 fully saturated rings. The highest BCUT2D eigenvalue weighted by Gasteiger charge is 2.17. The van der Waals surface area contributed by atoms with Crippen LogP contribution in [0.25, 0.3) is 0 Å². The molecule has 1 aliphatic heterocycles. The average molecular weight is 519 g/mol. The Morgan fingerprint density at radius 1 is 1.21 bits per heavy atom. The molecular weight excluding hydrogens is 481 g/mol. The van der Waals surface area contributed by atoms with Gasteiger partial charge in [-0.25, -0.2) is 0 Å². The predicted molar refractivity (Wildman–Crippen MR) is 130 cm³/mol. The van der Waals surface area contributed by atoms with Crippen molar-refractivity contribution < 1.29 is 14.2 Å². The Hall–Kier alpha value is -1.06. The van der Waals surface area contributed by atoms with E-state index in [1.807, 2.05) is 12.1 Å². The first-order chi connectivity index (χ1) is 13.6. The predicted octanol–water partition coefficient (Wildman–Crippen LogP) is 3.63. The highest BCUT2D eigenvalue weighted by molar-refractivity contribution is 14.0. The summed E-state index contributed by atoms with van der Waals surface area (Å²) in [6.45, 7) is 13.0. The van der Waals surface area contributed by atoms with Gasteiger partial charge >= 0.3 is 0 Å². The van der Waals surface area contributed by atoms with E-state index in [1.165, 1.54) is 5.56 Å². The van der Waals surface area contributed by atoms with Crippen LogP contribution in [-0.4, -0.2) is 57.6 Å². The van der Waals surface area contributed by atoms with Gasteiger partial charge < -0.3 is 24.8 Å². The van der Waals surface area contributed by atoms with Gasteiger partial charge in [0.15, 0.2) is 5.96 Å². The van der Waals surface area contributed by atoms with Crippen LogP contribution in [0.3, 0.4) is 0 Å². The molecule has 2 atom stereocenters. The van der Waals surface area contributed by atoms with Crippen molar-refractivity contribution in [2.45, 2.75) is 52.7 Å². The van der Waals surface area contributed by atoms with Crippen LogP contribution in [0.2, 0.25) is 0 Å². The van der Waals surface area contributed by atoms with Crippen molar-refractivity contribution in [3.8, 4) is 5.75 Å². The molecule has 0 spiro atoms. The molecule has 1 aliphatic rings. The van der Waals surface area contributed by atoms with E-state index >= 15 is 0 Å². The third kappa shape index (κ3) is 11.1. The van der Waals surface area contributed by atoms with Crippen molar-refractivity contribution in [2.24, 2.45) is 10.9 Å². The van der Waals surface area contributed by atoms with Gasteiger partial charge in [0.1, 0.15) is 5.75 Å². The van der Waals surface area contributed by atoms with Crippen molar-refractivity contribution in [2.75, 3.05) is 39.5 Å². The van der Waals surface area contributed by atoms with Crippen molar-refractivity contribution >= 4 is 29.9 Å². The van der Waals surface area contributed by atoms with E-state index in [1.54, 1.807) is 0 Å². The van der Waals surface area contributed by atoms with Gasteiger partial charge in [0.05, 0.1) is 25.9 Å². The second-order valence-electron chi connectivity index (χ2n) is 7.72. The van der Waals surface area contributed by atoms with Gasteiger partial charge in [0.25, 0.3) is 0 Å². The molecule has 0 bridgehead atoms. The van der Waals surface area contributed by atoms with E-state index in [-0.39, 0.29) is 36.1 Å². The summed E-state index contributed by atoms with van der Waals surface area (Å²) >= 11 is 0. The molecule has 29 heavy (non-hydrogen) atoms. The lowest BCUT2D eigenvalue weighted by Gasteiger charge is -2.19. The fourth-order valence-electron chi connectivity index (χ4n) is 2.83. The summed E-state index contributed by atoms with van der Waals surface area (Å²) in [7, 11) is 0. The number of benzene rings is 1. The van der Waals surface area contributed by atoms with Gasteiger partial charge in [-0.2, -0.15) is 0 Å². The van der Waals surface area contributed by atoms with E-state index in [4.69, 9.17) is 19.2 Å². The summed E-state index contributed by atoms with van der Waals surface area (Å²) in [6, 6.07) is 8.50. The third-order valence-corrected chi connectivity index (χ3v) is 4.37. The largest absolute Gasteiger partial charge is 0.493 e. The van der Waals surface area contributed by atoms with Gasteiger partial charge in [-0.15, -0.1) is 24.0 Å². The molecule has 1 aromatic carbocycles. The summed E-state index contributed by atoms with van der Waals surface area (Å²) in [5, 5.41) is 6.72. The number of aliphatic imine (C=N–C) groups is 1. The van der Waals surface area contributed by atoms with Gasteiger partial charge in [-0.1, -0.05) is 26.0 Å². The third-order valence-electron chi connectivity index (χ3n) is 4.37. The molecule has 6 nitrogen and oxygen atoms in total. The van der Waals surface area contributed by atoms with Crippen LogP contribution < -0.4 is 15.4 Å². The first kappa shape index (κ1) is 26.0. The molecule has 0 amide bonds. The van der Waals surface area contributed by atoms with Crippen molar-refractivity contribution in [3.05, 3.63) is 29.8 Å². The second kappa shape index (κ2) is 14.8. The van der Waals surface area contributed by atoms with Crippen LogP contribution in [0.5, 0.6) is 5.75 Å². The molecular formula is C22H38IN3O3. The SMILES string of the molecule is CCNC(=NCCc1ccc(OCC(C)C)cc1)NC(C)COC1CCOC1.I. The number of hydrogen-bond acceptors (Lipinski definition) is 4. The number of nitrogens with one attached hydrogen (secondary N) is 2. The molecule has 1 heterocycles. The molecule has 0 aromatic heterocycles. The molecule has 0 saturated carbocycles. The summed E-state index contributed by atoms with van der Waals surface area (Å²) in [6.07, 6.45) is 2.12. The molecule has 2 rings (SSSR count). The zero-order valence-electron chi connectivity index (χ0n) is 18.3. The number of ether oxygens (including phenoxy) is 3. The summed E-state index contributed by atoms with van der Waals surface area (Å²) in [4.78, 5) is 4.69. The minimum Gasteiger partial charge on any atom is -0.493 e. The highest BCUT2D eigenvalue weighted by Crippen LogP contribution is 2.13. The fourth-order valence-corrected chi connectivity index (χ4v) is 2.83. The molecule has 1 saturated heterocycles. The number of nitrogens with zero attached hydrogens (tertiary/aromatic N) is 1. The monoisotopic (exact) mass is 519 g/mol. The summed E-state index contributed by atoms with van der Waals surface area (Å²) in [5.41, 5.74) is 1.26. The summed E-state index contributed by atoms with van der Waals surface area (Å²) in [5.74, 6) is 2.29. The highest BCUT2D eigenvalue weighted by atomic mass is 127. The Bertz CT molecular complexity index is 575. The smallest absolute Gasteiger partial charge is 0.191 e. The number of guanidine groups is 1. The maximum Gasteiger partial charge on any atom is 0.191 e. The zero-order chi connectivity index (χ0) is 20.2. The number of hydrogen-bond donors (Lipinski definition) is 2. The maximum atomic E-state index is 5.88. The van der Waals surface area contributed by atoms with Gasteiger partial charge in [0, 0.05) is 25.7 Å². The van der Waals surface area contributed by atoms with Crippen LogP contribution in [0, 0.1) is 5.92 Å². The molecule has 0 aliphatic carbocycles.